The molecule has 226 valence electrons. The van der Waals surface area contributed by atoms with Crippen molar-refractivity contribution in [2.75, 3.05) is 45.8 Å². The molecule has 0 bridgehead atoms. The lowest BCUT2D eigenvalue weighted by molar-refractivity contribution is -0.136. The highest BCUT2D eigenvalue weighted by atomic mass is 16.2. The zero-order valence-corrected chi connectivity index (χ0v) is 23.3. The monoisotopic (exact) mass is 573 g/mol. The van der Waals surface area contributed by atoms with Crippen molar-refractivity contribution in [2.24, 2.45) is 17.2 Å². The van der Waals surface area contributed by atoms with Crippen LogP contribution in [0.1, 0.15) is 31.2 Å². The topological polar surface area (TPSA) is 249 Å². The Morgan fingerprint density at radius 1 is 0.854 bits per heavy atom. The molecule has 1 heterocycles. The molecule has 0 radical (unpaired) electrons. The number of guanidine groups is 2. The van der Waals surface area contributed by atoms with Crippen LogP contribution < -0.4 is 38.5 Å². The van der Waals surface area contributed by atoms with Gasteiger partial charge in [-0.15, -0.1) is 0 Å². The minimum Gasteiger partial charge on any atom is -0.370 e. The highest BCUT2D eigenvalue weighted by molar-refractivity contribution is 5.93. The van der Waals surface area contributed by atoms with Crippen LogP contribution >= 0.6 is 0 Å². The van der Waals surface area contributed by atoms with Gasteiger partial charge in [-0.2, -0.15) is 0 Å². The summed E-state index contributed by atoms with van der Waals surface area (Å²) in [5.41, 5.74) is 17.1. The van der Waals surface area contributed by atoms with E-state index in [-0.39, 0.29) is 30.8 Å². The minimum absolute atomic E-state index is 0.0499. The first-order valence-corrected chi connectivity index (χ1v) is 13.7. The molecule has 4 amide bonds. The number of hydrogen-bond donors (Lipinski definition) is 9. The van der Waals surface area contributed by atoms with E-state index >= 15 is 0 Å². The molecular formula is C26H43N11O4. The van der Waals surface area contributed by atoms with Crippen molar-refractivity contribution in [2.45, 2.75) is 44.2 Å². The van der Waals surface area contributed by atoms with Crippen LogP contribution in [0.2, 0.25) is 0 Å². The highest BCUT2D eigenvalue weighted by Crippen LogP contribution is 2.10. The number of hydrogen-bond acceptors (Lipinski definition) is 7. The van der Waals surface area contributed by atoms with Gasteiger partial charge in [-0.1, -0.05) is 30.3 Å². The van der Waals surface area contributed by atoms with E-state index in [1.54, 1.807) is 9.80 Å². The maximum absolute atomic E-state index is 13.4. The van der Waals surface area contributed by atoms with Crippen LogP contribution in [0.5, 0.6) is 0 Å². The van der Waals surface area contributed by atoms with Crippen molar-refractivity contribution in [1.82, 2.24) is 31.1 Å². The summed E-state index contributed by atoms with van der Waals surface area (Å²) in [4.78, 5) is 54.5. The molecule has 15 nitrogen and oxygen atoms in total. The number of nitrogens with one attached hydrogen (secondary N) is 6. The smallest absolute Gasteiger partial charge is 0.245 e. The molecule has 41 heavy (non-hydrogen) atoms. The van der Waals surface area contributed by atoms with E-state index in [9.17, 15) is 19.2 Å². The van der Waals surface area contributed by atoms with Crippen molar-refractivity contribution in [3.63, 3.8) is 0 Å². The fraction of sp³-hybridized carbons (Fsp3) is 0.538. The highest BCUT2D eigenvalue weighted by Gasteiger charge is 2.28. The van der Waals surface area contributed by atoms with Gasteiger partial charge in [-0.3, -0.25) is 30.0 Å². The maximum atomic E-state index is 13.4. The molecule has 2 rings (SSSR count). The summed E-state index contributed by atoms with van der Waals surface area (Å²) in [7, 11) is 0. The molecule has 1 fully saturated rings. The van der Waals surface area contributed by atoms with Crippen LogP contribution in [0, 0.1) is 10.8 Å². The Morgan fingerprint density at radius 2 is 1.51 bits per heavy atom. The predicted molar refractivity (Wildman–Crippen MR) is 155 cm³/mol. The molecular weight excluding hydrogens is 530 g/mol. The van der Waals surface area contributed by atoms with Crippen LogP contribution in [-0.2, 0) is 25.6 Å². The van der Waals surface area contributed by atoms with E-state index in [1.807, 2.05) is 30.3 Å². The van der Waals surface area contributed by atoms with Gasteiger partial charge < -0.3 is 48.3 Å². The van der Waals surface area contributed by atoms with Crippen molar-refractivity contribution in [3.8, 4) is 0 Å². The fourth-order valence-electron chi connectivity index (χ4n) is 4.40. The molecule has 1 aromatic rings. The van der Waals surface area contributed by atoms with E-state index in [0.717, 1.165) is 5.56 Å². The van der Waals surface area contributed by atoms with E-state index in [2.05, 4.69) is 21.3 Å². The third-order valence-corrected chi connectivity index (χ3v) is 6.56. The lowest BCUT2D eigenvalue weighted by Crippen LogP contribution is -2.54. The first-order valence-electron chi connectivity index (χ1n) is 13.7. The normalized spacial score (nSPS) is 14.7. The Bertz CT molecular complexity index is 1050. The lowest BCUT2D eigenvalue weighted by Gasteiger charge is -2.27. The van der Waals surface area contributed by atoms with Gasteiger partial charge in [-0.25, -0.2) is 0 Å². The summed E-state index contributed by atoms with van der Waals surface area (Å²) in [5, 5.41) is 25.5. The summed E-state index contributed by atoms with van der Waals surface area (Å²) >= 11 is 0. The number of rotatable bonds is 14. The van der Waals surface area contributed by atoms with Crippen molar-refractivity contribution in [1.29, 1.82) is 10.8 Å². The number of carbonyl (C=O) groups excluding carboxylic acids is 4. The van der Waals surface area contributed by atoms with Crippen molar-refractivity contribution < 1.29 is 19.2 Å². The quantitative estimate of drug-likeness (QED) is 0.0640. The van der Waals surface area contributed by atoms with Gasteiger partial charge >= 0.3 is 0 Å². The van der Waals surface area contributed by atoms with Gasteiger partial charge in [0.05, 0.1) is 13.1 Å². The van der Waals surface area contributed by atoms with Gasteiger partial charge in [0, 0.05) is 39.1 Å². The first kappa shape index (κ1) is 32.8. The SMILES string of the molecule is N=C(N)NCCCC[C@@H](NC(=O)CNC(=O)[C@@H](Cc1ccccc1)NC(=O)CN)C(=O)N1CCCN(C(=N)N)CC1. The summed E-state index contributed by atoms with van der Waals surface area (Å²) < 4.78 is 0. The summed E-state index contributed by atoms with van der Waals surface area (Å²) in [6.45, 7) is 1.56. The van der Waals surface area contributed by atoms with E-state index in [0.29, 0.717) is 58.4 Å². The van der Waals surface area contributed by atoms with Crippen molar-refractivity contribution in [3.05, 3.63) is 35.9 Å². The second kappa shape index (κ2) is 17.3. The largest absolute Gasteiger partial charge is 0.370 e. The summed E-state index contributed by atoms with van der Waals surface area (Å²) in [6.07, 6.45) is 2.37. The summed E-state index contributed by atoms with van der Waals surface area (Å²) in [6, 6.07) is 7.34. The van der Waals surface area contributed by atoms with E-state index in [1.165, 1.54) is 0 Å². The number of nitrogens with zero attached hydrogens (tertiary/aromatic N) is 2. The van der Waals surface area contributed by atoms with Crippen LogP contribution in [-0.4, -0.2) is 103 Å². The molecule has 1 saturated heterocycles. The van der Waals surface area contributed by atoms with Crippen LogP contribution in [0.3, 0.4) is 0 Å². The average Bonchev–Trinajstić information content (AvgIpc) is 3.21. The zero-order valence-electron chi connectivity index (χ0n) is 23.3. The van der Waals surface area contributed by atoms with Crippen LogP contribution in [0.4, 0.5) is 0 Å². The third-order valence-electron chi connectivity index (χ3n) is 6.56. The predicted octanol–water partition coefficient (Wildman–Crippen LogP) is -2.65. The lowest BCUT2D eigenvalue weighted by atomic mass is 10.1. The van der Waals surface area contributed by atoms with Gasteiger partial charge in [0.2, 0.25) is 23.6 Å². The van der Waals surface area contributed by atoms with Crippen molar-refractivity contribution >= 4 is 35.5 Å². The fourth-order valence-corrected chi connectivity index (χ4v) is 4.40. The minimum atomic E-state index is -0.936. The molecule has 0 spiro atoms. The molecule has 1 aliphatic rings. The number of nitrogens with two attached hydrogens (primary N) is 3. The standard InChI is InChI=1S/C26H43N11O4/c27-16-21(38)35-20(15-18-7-2-1-3-8-18)23(40)33-17-22(39)34-19(9-4-5-10-32-25(28)29)24(41)36-11-6-12-37(14-13-36)26(30)31/h1-3,7-8,19-20H,4-6,9-17,27H2,(H3,30,31)(H,33,40)(H,34,39)(H,35,38)(H4,28,29,32)/t19-,20-/m1/s1. The third kappa shape index (κ3) is 12.1. The molecule has 0 aromatic heterocycles. The Balaban J connectivity index is 2.01. The molecule has 12 N–H and O–H groups in total. The second-order valence-corrected chi connectivity index (χ2v) is 9.74. The van der Waals surface area contributed by atoms with E-state index < -0.39 is 36.3 Å². The number of carbonyl (C=O) groups is 4. The molecule has 2 atom stereocenters. The Morgan fingerprint density at radius 3 is 2.17 bits per heavy atom. The first-order chi connectivity index (χ1) is 19.6. The van der Waals surface area contributed by atoms with E-state index in [4.69, 9.17) is 28.0 Å². The molecule has 1 aromatic carbocycles. The Hall–Kier alpha value is -4.40. The van der Waals surface area contributed by atoms with Crippen LogP contribution in [0.15, 0.2) is 30.3 Å². The molecule has 0 aliphatic carbocycles. The molecule has 15 heteroatoms. The average molecular weight is 574 g/mol. The molecule has 1 aliphatic heterocycles. The molecule has 0 saturated carbocycles. The zero-order chi connectivity index (χ0) is 30.2. The molecule has 0 unspecified atom stereocenters. The van der Waals surface area contributed by atoms with Gasteiger partial charge in [0.15, 0.2) is 11.9 Å². The van der Waals surface area contributed by atoms with Crippen LogP contribution in [0.25, 0.3) is 0 Å². The Kier molecular flexibility index (Phi) is 13.9. The Labute approximate surface area is 239 Å². The number of unbranched alkanes of at least 4 members (excludes halogenated alkanes) is 1. The van der Waals surface area contributed by atoms with Gasteiger partial charge in [0.25, 0.3) is 0 Å². The second-order valence-electron chi connectivity index (χ2n) is 9.74. The number of benzene rings is 1. The number of amides is 4. The van der Waals surface area contributed by atoms with Gasteiger partial charge in [0.1, 0.15) is 12.1 Å². The summed E-state index contributed by atoms with van der Waals surface area (Å²) in [5.74, 6) is -2.06. The van der Waals surface area contributed by atoms with Gasteiger partial charge in [-0.05, 0) is 31.2 Å². The maximum Gasteiger partial charge on any atom is 0.245 e.